The molecule has 5 rings (SSSR count). The summed E-state index contributed by atoms with van der Waals surface area (Å²) in [5, 5.41) is 7.05. The van der Waals surface area contributed by atoms with E-state index in [1.165, 1.54) is 0 Å². The molecule has 0 fully saturated rings. The highest BCUT2D eigenvalue weighted by molar-refractivity contribution is 6.01. The van der Waals surface area contributed by atoms with Crippen LogP contribution in [0.15, 0.2) is 77.9 Å². The molecule has 0 saturated heterocycles. The van der Waals surface area contributed by atoms with E-state index in [2.05, 4.69) is 23.2 Å². The van der Waals surface area contributed by atoms with Crippen molar-refractivity contribution >= 4 is 5.71 Å². The minimum Gasteiger partial charge on any atom is -0.493 e. The zero-order valence-corrected chi connectivity index (χ0v) is 16.4. The second-order valence-corrected chi connectivity index (χ2v) is 7.10. The van der Waals surface area contributed by atoms with E-state index in [4.69, 9.17) is 19.3 Å². The van der Waals surface area contributed by atoms with Crippen molar-refractivity contribution in [3.05, 3.63) is 89.5 Å². The Morgan fingerprint density at radius 1 is 0.862 bits per heavy atom. The molecule has 2 heterocycles. The van der Waals surface area contributed by atoms with E-state index >= 15 is 0 Å². The first kappa shape index (κ1) is 17.6. The molecule has 2 atom stereocenters. The van der Waals surface area contributed by atoms with Crippen molar-refractivity contribution in [1.82, 2.24) is 5.01 Å². The summed E-state index contributed by atoms with van der Waals surface area (Å²) >= 11 is 0. The number of para-hydroxylation sites is 2. The summed E-state index contributed by atoms with van der Waals surface area (Å²) in [5.41, 5.74) is 4.24. The monoisotopic (exact) mass is 386 g/mol. The third-order valence-electron chi connectivity index (χ3n) is 5.51. The Morgan fingerprint density at radius 3 is 2.41 bits per heavy atom. The number of fused-ring (bicyclic) bond motifs is 3. The van der Waals surface area contributed by atoms with Crippen molar-refractivity contribution in [3.63, 3.8) is 0 Å². The van der Waals surface area contributed by atoms with Gasteiger partial charge < -0.3 is 14.2 Å². The quantitative estimate of drug-likeness (QED) is 0.637. The van der Waals surface area contributed by atoms with E-state index in [0.717, 1.165) is 34.6 Å². The van der Waals surface area contributed by atoms with E-state index in [1.807, 2.05) is 54.6 Å². The molecule has 0 N–H and O–H groups in total. The number of hydrogen-bond acceptors (Lipinski definition) is 5. The lowest BCUT2D eigenvalue weighted by atomic mass is 9.96. The van der Waals surface area contributed by atoms with Crippen LogP contribution in [-0.4, -0.2) is 24.9 Å². The fourth-order valence-electron chi connectivity index (χ4n) is 4.15. The maximum Gasteiger partial charge on any atom is 0.217 e. The van der Waals surface area contributed by atoms with Crippen molar-refractivity contribution in [2.75, 3.05) is 14.2 Å². The number of ether oxygens (including phenoxy) is 3. The fraction of sp³-hybridized carbons (Fsp3) is 0.208. The number of hydrogen-bond donors (Lipinski definition) is 0. The summed E-state index contributed by atoms with van der Waals surface area (Å²) in [6.07, 6.45) is 0.425. The Kier molecular flexibility index (Phi) is 4.35. The van der Waals surface area contributed by atoms with Crippen LogP contribution >= 0.6 is 0 Å². The maximum atomic E-state index is 6.44. The molecular weight excluding hydrogens is 364 g/mol. The van der Waals surface area contributed by atoms with E-state index in [1.54, 1.807) is 14.2 Å². The van der Waals surface area contributed by atoms with E-state index in [0.29, 0.717) is 11.5 Å². The molecule has 146 valence electrons. The van der Waals surface area contributed by atoms with Crippen LogP contribution in [0.4, 0.5) is 0 Å². The van der Waals surface area contributed by atoms with Crippen LogP contribution in [0.5, 0.6) is 17.2 Å². The first-order valence-electron chi connectivity index (χ1n) is 9.68. The van der Waals surface area contributed by atoms with Gasteiger partial charge in [-0.25, -0.2) is 5.01 Å². The highest BCUT2D eigenvalue weighted by Gasteiger charge is 2.42. The molecule has 3 aromatic carbocycles. The summed E-state index contributed by atoms with van der Waals surface area (Å²) in [6, 6.07) is 24.5. The topological polar surface area (TPSA) is 43.3 Å². The Balaban J connectivity index is 1.64. The third-order valence-corrected chi connectivity index (χ3v) is 5.51. The molecule has 0 radical (unpaired) electrons. The van der Waals surface area contributed by atoms with Gasteiger partial charge in [0.25, 0.3) is 0 Å². The van der Waals surface area contributed by atoms with Gasteiger partial charge in [-0.1, -0.05) is 54.6 Å². The van der Waals surface area contributed by atoms with E-state index in [-0.39, 0.29) is 6.04 Å². The number of nitrogens with zero attached hydrogens (tertiary/aromatic N) is 2. The van der Waals surface area contributed by atoms with E-state index in [9.17, 15) is 0 Å². The fourth-order valence-corrected chi connectivity index (χ4v) is 4.15. The van der Waals surface area contributed by atoms with Crippen molar-refractivity contribution in [3.8, 4) is 17.2 Å². The van der Waals surface area contributed by atoms with Crippen molar-refractivity contribution in [2.24, 2.45) is 5.10 Å². The molecule has 0 spiro atoms. The molecule has 5 nitrogen and oxygen atoms in total. The summed E-state index contributed by atoms with van der Waals surface area (Å²) in [6.45, 7) is 0. The van der Waals surface area contributed by atoms with Gasteiger partial charge in [-0.05, 0) is 23.8 Å². The second-order valence-electron chi connectivity index (χ2n) is 7.10. The van der Waals surface area contributed by atoms with Crippen LogP contribution in [0.2, 0.25) is 0 Å². The van der Waals surface area contributed by atoms with Gasteiger partial charge in [0, 0.05) is 12.0 Å². The zero-order chi connectivity index (χ0) is 19.8. The summed E-state index contributed by atoms with van der Waals surface area (Å²) < 4.78 is 17.6. The first-order chi connectivity index (χ1) is 14.3. The smallest absolute Gasteiger partial charge is 0.217 e. The maximum absolute atomic E-state index is 6.44. The van der Waals surface area contributed by atoms with Gasteiger partial charge in [0.1, 0.15) is 5.75 Å². The third kappa shape index (κ3) is 2.90. The normalized spacial score (nSPS) is 19.7. The summed E-state index contributed by atoms with van der Waals surface area (Å²) in [7, 11) is 3.29. The lowest BCUT2D eigenvalue weighted by molar-refractivity contribution is -0.0205. The van der Waals surface area contributed by atoms with Crippen molar-refractivity contribution < 1.29 is 14.2 Å². The highest BCUT2D eigenvalue weighted by atomic mass is 16.5. The largest absolute Gasteiger partial charge is 0.493 e. The number of rotatable bonds is 4. The molecule has 0 unspecified atom stereocenters. The van der Waals surface area contributed by atoms with Gasteiger partial charge in [0.2, 0.25) is 6.23 Å². The number of benzene rings is 3. The molecule has 3 aromatic rings. The summed E-state index contributed by atoms with van der Waals surface area (Å²) in [4.78, 5) is 0. The van der Waals surface area contributed by atoms with Gasteiger partial charge in [0.15, 0.2) is 11.5 Å². The Labute approximate surface area is 170 Å². The van der Waals surface area contributed by atoms with Gasteiger partial charge in [-0.3, -0.25) is 0 Å². The first-order valence-corrected chi connectivity index (χ1v) is 9.68. The molecule has 29 heavy (non-hydrogen) atoms. The summed E-state index contributed by atoms with van der Waals surface area (Å²) in [5.74, 6) is 2.23. The Morgan fingerprint density at radius 2 is 1.62 bits per heavy atom. The molecule has 0 saturated carbocycles. The molecule has 5 heteroatoms. The minimum absolute atomic E-state index is 0.107. The molecule has 2 aliphatic rings. The van der Waals surface area contributed by atoms with Crippen molar-refractivity contribution in [2.45, 2.75) is 18.7 Å². The molecule has 2 aliphatic heterocycles. The van der Waals surface area contributed by atoms with E-state index < -0.39 is 6.23 Å². The van der Waals surface area contributed by atoms with Crippen LogP contribution in [0.25, 0.3) is 0 Å². The number of hydrazone groups is 1. The van der Waals surface area contributed by atoms with Gasteiger partial charge in [-0.15, -0.1) is 0 Å². The second kappa shape index (κ2) is 7.17. The zero-order valence-electron chi connectivity index (χ0n) is 16.4. The van der Waals surface area contributed by atoms with Crippen LogP contribution in [-0.2, 0) is 0 Å². The predicted octanol–water partition coefficient (Wildman–Crippen LogP) is 4.95. The SMILES string of the molecule is COc1cccc([C@H]2Oc3ccccc3[C@@H]3CC(c4ccccc4)=NN23)c1OC. The van der Waals surface area contributed by atoms with Crippen LogP contribution in [0, 0.1) is 0 Å². The lowest BCUT2D eigenvalue weighted by Crippen LogP contribution is -2.34. The molecule has 0 bridgehead atoms. The van der Waals surface area contributed by atoms with Crippen molar-refractivity contribution in [1.29, 1.82) is 0 Å². The van der Waals surface area contributed by atoms with Crippen LogP contribution < -0.4 is 14.2 Å². The Hall–Kier alpha value is -3.47. The molecule has 0 aromatic heterocycles. The highest BCUT2D eigenvalue weighted by Crippen LogP contribution is 2.49. The molecule has 0 aliphatic carbocycles. The minimum atomic E-state index is -0.402. The van der Waals surface area contributed by atoms with Gasteiger partial charge in [0.05, 0.1) is 31.5 Å². The predicted molar refractivity (Wildman–Crippen MR) is 112 cm³/mol. The Bertz CT molecular complexity index is 1060. The van der Waals surface area contributed by atoms with Crippen LogP contribution in [0.3, 0.4) is 0 Å². The average Bonchev–Trinajstić information content (AvgIpc) is 3.24. The van der Waals surface area contributed by atoms with Gasteiger partial charge in [-0.2, -0.15) is 5.10 Å². The molecular formula is C24H22N2O3. The molecule has 0 amide bonds. The van der Waals surface area contributed by atoms with Crippen LogP contribution in [0.1, 0.15) is 35.4 Å². The van der Waals surface area contributed by atoms with Gasteiger partial charge >= 0.3 is 0 Å². The average molecular weight is 386 g/mol. The standard InChI is InChI=1S/C24H22N2O3/c1-27-22-14-8-12-18(23(22)28-2)24-26-20(17-11-6-7-13-21(17)29-24)15-19(25-26)16-9-4-3-5-10-16/h3-14,20,24H,15H2,1-2H3/t20-,24+/m0/s1. The lowest BCUT2D eigenvalue weighted by Gasteiger charge is -2.38. The number of methoxy groups -OCH3 is 2.